The van der Waals surface area contributed by atoms with Crippen LogP contribution in [0.2, 0.25) is 0 Å². The van der Waals surface area contributed by atoms with E-state index in [-0.39, 0.29) is 76.7 Å². The minimum atomic E-state index is -0.922. The smallest absolute Gasteiger partial charge is 0.338 e. The number of rotatable bonds is 9. The summed E-state index contributed by atoms with van der Waals surface area (Å²) in [5.41, 5.74) is -0.816. The van der Waals surface area contributed by atoms with Crippen LogP contribution in [0.5, 0.6) is 0 Å². The number of likely N-dealkylation sites (tertiary alicyclic amines) is 1. The Balaban J connectivity index is 1.46. The summed E-state index contributed by atoms with van der Waals surface area (Å²) in [4.78, 5) is 29.5. The summed E-state index contributed by atoms with van der Waals surface area (Å²) < 4.78 is 38.7. The van der Waals surface area contributed by atoms with E-state index in [1.54, 1.807) is 26.4 Å². The van der Waals surface area contributed by atoms with Crippen LogP contribution in [0.1, 0.15) is 49.9 Å². The Labute approximate surface area is 254 Å². The Hall–Kier alpha value is -2.04. The van der Waals surface area contributed by atoms with Crippen LogP contribution in [0.25, 0.3) is 0 Å². The lowest BCUT2D eigenvalue weighted by molar-refractivity contribution is -0.280. The van der Waals surface area contributed by atoms with Crippen LogP contribution in [0.3, 0.4) is 0 Å². The van der Waals surface area contributed by atoms with Gasteiger partial charge in [-0.15, -0.1) is 0 Å². The fourth-order valence-electron chi connectivity index (χ4n) is 12.3. The van der Waals surface area contributed by atoms with Gasteiger partial charge >= 0.3 is 11.9 Å². The van der Waals surface area contributed by atoms with E-state index >= 15 is 0 Å². The van der Waals surface area contributed by atoms with E-state index in [9.17, 15) is 9.59 Å². The first-order valence-electron chi connectivity index (χ1n) is 16.0. The summed E-state index contributed by atoms with van der Waals surface area (Å²) in [5, 5.41) is 0. The Morgan fingerprint density at radius 2 is 1.77 bits per heavy atom. The van der Waals surface area contributed by atoms with Gasteiger partial charge in [0.15, 0.2) is 0 Å². The van der Waals surface area contributed by atoms with Gasteiger partial charge in [-0.3, -0.25) is 9.69 Å². The van der Waals surface area contributed by atoms with E-state index in [0.717, 1.165) is 32.4 Å². The van der Waals surface area contributed by atoms with Gasteiger partial charge in [-0.05, 0) is 43.9 Å². The van der Waals surface area contributed by atoms with Crippen molar-refractivity contribution in [3.8, 4) is 0 Å². The summed E-state index contributed by atoms with van der Waals surface area (Å²) in [5.74, 6) is -0.797. The van der Waals surface area contributed by atoms with Crippen molar-refractivity contribution in [2.75, 3.05) is 48.1 Å². The standard InChI is InChI=1S/C34H47NO8/c1-7-35-17-32(18-38-3)14-13-24(40-5)34-22-15-21-23(39-4)16-33(43-19(2)36,26(30(34)35)28(41-6)29(32)34)25(22)27(21)42-31(37)20-11-9-8-10-12-20/h8-12,21-30H,7,13-18H2,1-6H3/t21-,22-,23-,24-,25-,26+,27+,28+,29-,30-,32+,33-,34+/m1/s1. The zero-order valence-electron chi connectivity index (χ0n) is 26.3. The molecule has 1 aliphatic heterocycles. The fraction of sp³-hybridized carbons (Fsp3) is 0.765. The van der Waals surface area contributed by atoms with Gasteiger partial charge in [0.05, 0.1) is 30.5 Å². The van der Waals surface area contributed by atoms with Gasteiger partial charge in [0, 0.05) is 88.9 Å². The van der Waals surface area contributed by atoms with Crippen LogP contribution in [0.15, 0.2) is 30.3 Å². The van der Waals surface area contributed by atoms with Crippen LogP contribution in [0.4, 0.5) is 0 Å². The van der Waals surface area contributed by atoms with E-state index in [1.165, 1.54) is 6.92 Å². The molecular formula is C34H47NO8. The van der Waals surface area contributed by atoms with Gasteiger partial charge in [0.1, 0.15) is 11.7 Å². The lowest BCUT2D eigenvalue weighted by atomic mass is 9.43. The molecule has 1 heterocycles. The highest BCUT2D eigenvalue weighted by atomic mass is 16.6. The average Bonchev–Trinajstić information content (AvgIpc) is 3.43. The molecule has 6 fully saturated rings. The molecule has 0 aromatic heterocycles. The molecule has 0 radical (unpaired) electrons. The number of esters is 2. The van der Waals surface area contributed by atoms with Gasteiger partial charge in [0.2, 0.25) is 0 Å². The monoisotopic (exact) mass is 597 g/mol. The van der Waals surface area contributed by atoms with Gasteiger partial charge < -0.3 is 28.4 Å². The van der Waals surface area contributed by atoms with Crippen LogP contribution in [-0.4, -0.2) is 101 Å². The molecule has 1 aromatic carbocycles. The fourth-order valence-corrected chi connectivity index (χ4v) is 12.3. The topological polar surface area (TPSA) is 92.8 Å². The van der Waals surface area contributed by atoms with E-state index in [1.807, 2.05) is 32.4 Å². The quantitative estimate of drug-likeness (QED) is 0.396. The number of hydrogen-bond donors (Lipinski definition) is 0. The third kappa shape index (κ3) is 3.69. The highest BCUT2D eigenvalue weighted by molar-refractivity contribution is 5.89. The molecular weight excluding hydrogens is 550 g/mol. The highest BCUT2D eigenvalue weighted by Crippen LogP contribution is 2.80. The highest BCUT2D eigenvalue weighted by Gasteiger charge is 2.88. The van der Waals surface area contributed by atoms with Crippen LogP contribution < -0.4 is 0 Å². The summed E-state index contributed by atoms with van der Waals surface area (Å²) in [7, 11) is 7.20. The minimum Gasteiger partial charge on any atom is -0.458 e. The zero-order chi connectivity index (χ0) is 30.3. The number of methoxy groups -OCH3 is 4. The van der Waals surface area contributed by atoms with Gasteiger partial charge in [-0.2, -0.15) is 0 Å². The number of piperidine rings is 1. The maximum Gasteiger partial charge on any atom is 0.338 e. The van der Waals surface area contributed by atoms with Gasteiger partial charge in [-0.25, -0.2) is 4.79 Å². The van der Waals surface area contributed by atoms with Crippen molar-refractivity contribution in [3.63, 3.8) is 0 Å². The Morgan fingerprint density at radius 1 is 1.00 bits per heavy atom. The molecule has 9 nitrogen and oxygen atoms in total. The number of carbonyl (C=O) groups excluding carboxylic acids is 2. The molecule has 9 heteroatoms. The lowest BCUT2D eigenvalue weighted by Crippen LogP contribution is -2.77. The van der Waals surface area contributed by atoms with E-state index in [2.05, 4.69) is 11.8 Å². The second-order valence-electron chi connectivity index (χ2n) is 14.1. The molecule has 0 N–H and O–H groups in total. The largest absolute Gasteiger partial charge is 0.458 e. The summed E-state index contributed by atoms with van der Waals surface area (Å²) in [6.45, 7) is 6.16. The van der Waals surface area contributed by atoms with Crippen LogP contribution in [0, 0.1) is 40.4 Å². The summed E-state index contributed by atoms with van der Waals surface area (Å²) >= 11 is 0. The summed E-state index contributed by atoms with van der Waals surface area (Å²) in [6, 6.07) is 9.26. The molecule has 7 bridgehead atoms. The van der Waals surface area contributed by atoms with E-state index in [0.29, 0.717) is 18.6 Å². The third-order valence-electron chi connectivity index (χ3n) is 12.9. The molecule has 43 heavy (non-hydrogen) atoms. The Morgan fingerprint density at radius 3 is 2.40 bits per heavy atom. The molecule has 0 amide bonds. The SMILES string of the molecule is CCN1C[C@]2(COC)CC[C@@H](OC)[C@@]34[C@@H]5C[C@H]6[C@H](OC(=O)c7ccccc7)[C@@H]5[C@](OC(C)=O)(C[C@H]6OC)[C@@H]([C@H](OC)[C@H]23)[C@@H]14. The van der Waals surface area contributed by atoms with Crippen LogP contribution in [-0.2, 0) is 33.2 Å². The van der Waals surface area contributed by atoms with Crippen molar-refractivity contribution < 1.29 is 38.0 Å². The minimum absolute atomic E-state index is 0.00405. The predicted molar refractivity (Wildman–Crippen MR) is 156 cm³/mol. The van der Waals surface area contributed by atoms with Gasteiger partial charge in [-0.1, -0.05) is 25.1 Å². The molecule has 5 saturated carbocycles. The van der Waals surface area contributed by atoms with Crippen molar-refractivity contribution in [2.24, 2.45) is 40.4 Å². The van der Waals surface area contributed by atoms with E-state index < -0.39 is 11.7 Å². The van der Waals surface area contributed by atoms with Crippen molar-refractivity contribution in [1.29, 1.82) is 0 Å². The first-order chi connectivity index (χ1) is 20.8. The average molecular weight is 598 g/mol. The number of hydrogen-bond acceptors (Lipinski definition) is 9. The molecule has 7 rings (SSSR count). The Kier molecular flexibility index (Phi) is 7.25. The van der Waals surface area contributed by atoms with Crippen molar-refractivity contribution >= 4 is 11.9 Å². The van der Waals surface area contributed by atoms with Crippen LogP contribution >= 0.6 is 0 Å². The number of nitrogens with zero attached hydrogens (tertiary/aromatic N) is 1. The van der Waals surface area contributed by atoms with Gasteiger partial charge in [0.25, 0.3) is 0 Å². The van der Waals surface area contributed by atoms with Crippen molar-refractivity contribution in [2.45, 2.75) is 75.6 Å². The molecule has 13 atom stereocenters. The maximum absolute atomic E-state index is 13.7. The molecule has 0 unspecified atom stereocenters. The second-order valence-corrected chi connectivity index (χ2v) is 14.1. The first kappa shape index (κ1) is 29.7. The molecule has 5 aliphatic carbocycles. The van der Waals surface area contributed by atoms with E-state index in [4.69, 9.17) is 28.4 Å². The lowest BCUT2D eigenvalue weighted by Gasteiger charge is -2.69. The number of ether oxygens (including phenoxy) is 6. The molecule has 1 saturated heterocycles. The molecule has 6 aliphatic rings. The summed E-state index contributed by atoms with van der Waals surface area (Å²) in [6.07, 6.45) is 2.42. The second kappa shape index (κ2) is 10.5. The first-order valence-corrected chi connectivity index (χ1v) is 16.0. The predicted octanol–water partition coefficient (Wildman–Crippen LogP) is 3.59. The van der Waals surface area contributed by atoms with Crippen molar-refractivity contribution in [3.05, 3.63) is 35.9 Å². The van der Waals surface area contributed by atoms with Crippen molar-refractivity contribution in [1.82, 2.24) is 4.90 Å². The Bertz CT molecular complexity index is 1240. The number of carbonyl (C=O) groups is 2. The normalized spacial score (nSPS) is 47.3. The maximum atomic E-state index is 13.7. The number of benzene rings is 1. The third-order valence-corrected chi connectivity index (χ3v) is 12.9. The molecule has 1 aromatic rings. The number of fused-ring (bicyclic) bond motifs is 2. The molecule has 1 spiro atoms. The zero-order valence-corrected chi connectivity index (χ0v) is 26.3. The molecule has 236 valence electrons.